The predicted molar refractivity (Wildman–Crippen MR) is 112 cm³/mol. The number of nitro benzene ring substituents is 1. The van der Waals surface area contributed by atoms with Gasteiger partial charge in [0, 0.05) is 22.6 Å². The van der Waals surface area contributed by atoms with Crippen molar-refractivity contribution < 1.29 is 23.6 Å². The van der Waals surface area contributed by atoms with Gasteiger partial charge >= 0.3 is 5.97 Å². The molecule has 3 aromatic rings. The first kappa shape index (κ1) is 21.4. The maximum absolute atomic E-state index is 13.3. The number of nitrogens with one attached hydrogen (secondary N) is 1. The zero-order chi connectivity index (χ0) is 22.0. The van der Waals surface area contributed by atoms with Gasteiger partial charge in [0.15, 0.2) is 0 Å². The van der Waals surface area contributed by atoms with Crippen LogP contribution in [0.3, 0.4) is 0 Å². The van der Waals surface area contributed by atoms with Crippen LogP contribution < -0.4 is 5.32 Å². The van der Waals surface area contributed by atoms with Gasteiger partial charge in [0.05, 0.1) is 22.6 Å². The average Bonchev–Trinajstić information content (AvgIpc) is 3.03. The van der Waals surface area contributed by atoms with E-state index in [9.17, 15) is 24.1 Å². The number of thiophene rings is 1. The lowest BCUT2D eigenvalue weighted by Crippen LogP contribution is -2.15. The van der Waals surface area contributed by atoms with Gasteiger partial charge in [-0.05, 0) is 30.7 Å². The molecule has 0 unspecified atom stereocenters. The SMILES string of the molecule is COC(=O)c1c(NC(=O)c2cc([N+](=O)[O-])ccc2Cl)sc(C)c1-c1ccc(F)cc1. The number of hydrogen-bond donors (Lipinski definition) is 1. The van der Waals surface area contributed by atoms with Crippen LogP contribution in [0, 0.1) is 22.9 Å². The summed E-state index contributed by atoms with van der Waals surface area (Å²) in [6.07, 6.45) is 0. The molecule has 0 spiro atoms. The second kappa shape index (κ2) is 8.60. The number of methoxy groups -OCH3 is 1. The number of esters is 1. The maximum Gasteiger partial charge on any atom is 0.341 e. The minimum atomic E-state index is -0.722. The van der Waals surface area contributed by atoms with Crippen LogP contribution in [-0.2, 0) is 4.74 Å². The fraction of sp³-hybridized carbons (Fsp3) is 0.100. The van der Waals surface area contributed by atoms with E-state index in [1.807, 2.05) is 0 Å². The fourth-order valence-corrected chi connectivity index (χ4v) is 4.13. The number of halogens is 2. The van der Waals surface area contributed by atoms with Crippen molar-refractivity contribution in [3.05, 3.63) is 79.4 Å². The molecule has 1 heterocycles. The number of nitrogens with zero attached hydrogens (tertiary/aromatic N) is 1. The topological polar surface area (TPSA) is 98.5 Å². The molecule has 10 heteroatoms. The van der Waals surface area contributed by atoms with Crippen LogP contribution >= 0.6 is 22.9 Å². The van der Waals surface area contributed by atoms with E-state index in [2.05, 4.69) is 5.32 Å². The Hall–Kier alpha value is -3.30. The highest BCUT2D eigenvalue weighted by atomic mass is 35.5. The van der Waals surface area contributed by atoms with E-state index >= 15 is 0 Å². The summed E-state index contributed by atoms with van der Waals surface area (Å²) in [6, 6.07) is 9.03. The standard InChI is InChI=1S/C20H14ClFN2O5S/c1-10-16(11-3-5-12(22)6-4-11)17(20(26)29-2)19(30-10)23-18(25)14-9-13(24(27)28)7-8-15(14)21/h3-9H,1-2H3,(H,23,25). The van der Waals surface area contributed by atoms with E-state index < -0.39 is 22.6 Å². The molecule has 2 aromatic carbocycles. The maximum atomic E-state index is 13.3. The third kappa shape index (κ3) is 4.17. The molecule has 0 saturated carbocycles. The number of carbonyl (C=O) groups excluding carboxylic acids is 2. The Kier molecular flexibility index (Phi) is 6.14. The fourth-order valence-electron chi connectivity index (χ4n) is 2.86. The Labute approximate surface area is 179 Å². The molecule has 1 amide bonds. The van der Waals surface area contributed by atoms with Gasteiger partial charge in [0.25, 0.3) is 11.6 Å². The Morgan fingerprint density at radius 1 is 1.20 bits per heavy atom. The monoisotopic (exact) mass is 448 g/mol. The summed E-state index contributed by atoms with van der Waals surface area (Å²) >= 11 is 7.15. The molecule has 0 fully saturated rings. The van der Waals surface area contributed by atoms with Crippen LogP contribution in [0.5, 0.6) is 0 Å². The van der Waals surface area contributed by atoms with Crippen molar-refractivity contribution in [2.75, 3.05) is 12.4 Å². The molecular formula is C20H14ClFN2O5S. The molecule has 7 nitrogen and oxygen atoms in total. The van der Waals surface area contributed by atoms with Gasteiger partial charge in [0.1, 0.15) is 16.4 Å². The van der Waals surface area contributed by atoms with E-state index in [4.69, 9.17) is 16.3 Å². The summed E-state index contributed by atoms with van der Waals surface area (Å²) in [6.45, 7) is 1.74. The van der Waals surface area contributed by atoms with Crippen molar-refractivity contribution in [3.8, 4) is 11.1 Å². The van der Waals surface area contributed by atoms with Gasteiger partial charge < -0.3 is 10.1 Å². The first-order chi connectivity index (χ1) is 14.2. The number of amides is 1. The quantitative estimate of drug-likeness (QED) is 0.317. The summed E-state index contributed by atoms with van der Waals surface area (Å²) in [7, 11) is 1.20. The van der Waals surface area contributed by atoms with Gasteiger partial charge in [-0.1, -0.05) is 23.7 Å². The normalized spacial score (nSPS) is 10.5. The van der Waals surface area contributed by atoms with Crippen molar-refractivity contribution in [1.82, 2.24) is 0 Å². The van der Waals surface area contributed by atoms with E-state index in [1.165, 1.54) is 43.5 Å². The second-order valence-corrected chi connectivity index (χ2v) is 7.74. The third-order valence-corrected chi connectivity index (χ3v) is 5.59. The molecule has 0 saturated heterocycles. The van der Waals surface area contributed by atoms with Crippen molar-refractivity contribution in [3.63, 3.8) is 0 Å². The lowest BCUT2D eigenvalue weighted by Gasteiger charge is -2.09. The van der Waals surface area contributed by atoms with E-state index in [-0.39, 0.29) is 26.8 Å². The molecule has 0 aliphatic rings. The summed E-state index contributed by atoms with van der Waals surface area (Å²) in [4.78, 5) is 36.3. The molecule has 0 atom stereocenters. The molecular weight excluding hydrogens is 435 g/mol. The first-order valence-corrected chi connectivity index (χ1v) is 9.65. The van der Waals surface area contributed by atoms with E-state index in [0.717, 1.165) is 17.4 Å². The van der Waals surface area contributed by atoms with Gasteiger partial charge in [-0.25, -0.2) is 9.18 Å². The number of ether oxygens (including phenoxy) is 1. The number of non-ortho nitro benzene ring substituents is 1. The first-order valence-electron chi connectivity index (χ1n) is 8.45. The van der Waals surface area contributed by atoms with Crippen LogP contribution in [0.15, 0.2) is 42.5 Å². The van der Waals surface area contributed by atoms with Crippen molar-refractivity contribution >= 4 is 45.5 Å². The number of benzene rings is 2. The number of hydrogen-bond acceptors (Lipinski definition) is 6. The number of nitro groups is 1. The van der Waals surface area contributed by atoms with Gasteiger partial charge in [0.2, 0.25) is 0 Å². The molecule has 154 valence electrons. The minimum Gasteiger partial charge on any atom is -0.465 e. The molecule has 30 heavy (non-hydrogen) atoms. The summed E-state index contributed by atoms with van der Waals surface area (Å²) in [5.41, 5.74) is 0.747. The molecule has 1 aromatic heterocycles. The Bertz CT molecular complexity index is 1160. The Morgan fingerprint density at radius 3 is 2.47 bits per heavy atom. The van der Waals surface area contributed by atoms with Gasteiger partial charge in [-0.2, -0.15) is 0 Å². The zero-order valence-corrected chi connectivity index (χ0v) is 17.3. The summed E-state index contributed by atoms with van der Waals surface area (Å²) < 4.78 is 18.2. The second-order valence-electron chi connectivity index (χ2n) is 6.11. The molecule has 0 bridgehead atoms. The lowest BCUT2D eigenvalue weighted by atomic mass is 10.0. The highest BCUT2D eigenvalue weighted by molar-refractivity contribution is 7.17. The third-order valence-electron chi connectivity index (χ3n) is 4.24. The Balaban J connectivity index is 2.07. The lowest BCUT2D eigenvalue weighted by molar-refractivity contribution is -0.384. The molecule has 0 aliphatic heterocycles. The van der Waals surface area contributed by atoms with Crippen LogP contribution in [0.4, 0.5) is 15.1 Å². The molecule has 1 N–H and O–H groups in total. The number of carbonyl (C=O) groups is 2. The molecule has 3 rings (SSSR count). The molecule has 0 aliphatic carbocycles. The summed E-state index contributed by atoms with van der Waals surface area (Å²) in [5, 5.41) is 13.8. The van der Waals surface area contributed by atoms with Crippen molar-refractivity contribution in [2.45, 2.75) is 6.92 Å². The van der Waals surface area contributed by atoms with Crippen LogP contribution in [0.1, 0.15) is 25.6 Å². The average molecular weight is 449 g/mol. The number of anilines is 1. The summed E-state index contributed by atoms with van der Waals surface area (Å²) in [5.74, 6) is -1.85. The van der Waals surface area contributed by atoms with E-state index in [1.54, 1.807) is 6.92 Å². The smallest absolute Gasteiger partial charge is 0.341 e. The van der Waals surface area contributed by atoms with Crippen LogP contribution in [0.2, 0.25) is 5.02 Å². The van der Waals surface area contributed by atoms with E-state index in [0.29, 0.717) is 16.0 Å². The van der Waals surface area contributed by atoms with Crippen LogP contribution in [-0.4, -0.2) is 23.9 Å². The molecule has 0 radical (unpaired) electrons. The van der Waals surface area contributed by atoms with Crippen LogP contribution in [0.25, 0.3) is 11.1 Å². The highest BCUT2D eigenvalue weighted by Gasteiger charge is 2.26. The largest absolute Gasteiger partial charge is 0.465 e. The zero-order valence-electron chi connectivity index (χ0n) is 15.7. The van der Waals surface area contributed by atoms with Gasteiger partial charge in [-0.15, -0.1) is 11.3 Å². The van der Waals surface area contributed by atoms with Crippen molar-refractivity contribution in [2.24, 2.45) is 0 Å². The number of rotatable bonds is 5. The minimum absolute atomic E-state index is 0.0183. The highest BCUT2D eigenvalue weighted by Crippen LogP contribution is 2.40. The van der Waals surface area contributed by atoms with Crippen molar-refractivity contribution in [1.29, 1.82) is 0 Å². The van der Waals surface area contributed by atoms with Gasteiger partial charge in [-0.3, -0.25) is 14.9 Å². The number of aryl methyl sites for hydroxylation is 1. The predicted octanol–water partition coefficient (Wildman–Crippen LogP) is 5.46. The Morgan fingerprint density at radius 2 is 1.87 bits per heavy atom.